The zero-order valence-corrected chi connectivity index (χ0v) is 10.4. The molecule has 0 fully saturated rings. The van der Waals surface area contributed by atoms with E-state index >= 15 is 0 Å². The zero-order chi connectivity index (χ0) is 11.5. The number of hydrogen-bond donors (Lipinski definition) is 1. The minimum absolute atomic E-state index is 0.535. The molecule has 0 saturated carbocycles. The van der Waals surface area contributed by atoms with Crippen LogP contribution in [0.1, 0.15) is 23.0 Å². The third-order valence-corrected chi connectivity index (χ3v) is 2.88. The molecule has 1 unspecified atom stereocenters. The first-order valence-corrected chi connectivity index (χ1v) is 5.77. The molecule has 0 aliphatic rings. The second-order valence-electron chi connectivity index (χ2n) is 3.66. The lowest BCUT2D eigenvalue weighted by Crippen LogP contribution is -2.02. The highest BCUT2D eigenvalue weighted by Crippen LogP contribution is 2.23. The predicted molar refractivity (Wildman–Crippen MR) is 64.0 cm³/mol. The summed E-state index contributed by atoms with van der Waals surface area (Å²) >= 11 is 3.35. The third kappa shape index (κ3) is 2.51. The van der Waals surface area contributed by atoms with Gasteiger partial charge in [-0.3, -0.25) is 4.98 Å². The van der Waals surface area contributed by atoms with Gasteiger partial charge < -0.3 is 9.52 Å². The van der Waals surface area contributed by atoms with E-state index in [-0.39, 0.29) is 0 Å². The lowest BCUT2D eigenvalue weighted by Gasteiger charge is -2.09. The highest BCUT2D eigenvalue weighted by molar-refractivity contribution is 9.10. The Morgan fingerprint density at radius 3 is 2.94 bits per heavy atom. The van der Waals surface area contributed by atoms with Crippen LogP contribution in [-0.2, 0) is 6.42 Å². The molecule has 2 aromatic heterocycles. The van der Waals surface area contributed by atoms with Crippen molar-refractivity contribution in [3.63, 3.8) is 0 Å². The van der Waals surface area contributed by atoms with E-state index in [1.807, 2.05) is 13.0 Å². The van der Waals surface area contributed by atoms with Crippen molar-refractivity contribution in [1.82, 2.24) is 4.98 Å². The van der Waals surface area contributed by atoms with Crippen molar-refractivity contribution < 1.29 is 9.52 Å². The molecule has 0 radical (unpaired) electrons. The monoisotopic (exact) mass is 281 g/mol. The summed E-state index contributed by atoms with van der Waals surface area (Å²) in [6.45, 7) is 1.84. The lowest BCUT2D eigenvalue weighted by molar-refractivity contribution is 0.176. The summed E-state index contributed by atoms with van der Waals surface area (Å²) in [4.78, 5) is 4.06. The van der Waals surface area contributed by atoms with Gasteiger partial charge in [-0.05, 0) is 40.5 Å². The Hall–Kier alpha value is -1.13. The van der Waals surface area contributed by atoms with E-state index < -0.39 is 6.10 Å². The largest absolute Gasteiger partial charge is 0.469 e. The maximum absolute atomic E-state index is 10.0. The predicted octanol–water partition coefficient (Wildman–Crippen LogP) is 3.02. The molecule has 16 heavy (non-hydrogen) atoms. The molecule has 2 rings (SSSR count). The van der Waals surface area contributed by atoms with Crippen LogP contribution in [-0.4, -0.2) is 10.1 Å². The zero-order valence-electron chi connectivity index (χ0n) is 8.85. The Kier molecular flexibility index (Phi) is 3.41. The topological polar surface area (TPSA) is 46.3 Å². The van der Waals surface area contributed by atoms with Gasteiger partial charge in [0.1, 0.15) is 5.76 Å². The van der Waals surface area contributed by atoms with Gasteiger partial charge in [0.2, 0.25) is 0 Å². The number of aliphatic hydroxyl groups is 1. The fraction of sp³-hybridized carbons (Fsp3) is 0.250. The van der Waals surface area contributed by atoms with Crippen molar-refractivity contribution in [2.45, 2.75) is 19.4 Å². The Balaban J connectivity index is 2.14. The summed E-state index contributed by atoms with van der Waals surface area (Å²) in [6.07, 6.45) is 5.05. The molecule has 84 valence electrons. The molecule has 4 heteroatoms. The summed E-state index contributed by atoms with van der Waals surface area (Å²) in [7, 11) is 0. The van der Waals surface area contributed by atoms with Crippen LogP contribution in [0.25, 0.3) is 0 Å². The standard InChI is InChI=1S/C12H12BrNO2/c1-8-11(2-3-16-8)12(15)5-9-4-10(13)7-14-6-9/h2-4,6-7,12,15H,5H2,1H3. The molecule has 2 heterocycles. The number of hydrogen-bond acceptors (Lipinski definition) is 3. The van der Waals surface area contributed by atoms with Crippen molar-refractivity contribution in [1.29, 1.82) is 0 Å². The Morgan fingerprint density at radius 2 is 2.31 bits per heavy atom. The van der Waals surface area contributed by atoms with Crippen LogP contribution in [0.15, 0.2) is 39.7 Å². The molecule has 1 N–H and O–H groups in total. The molecule has 0 aliphatic carbocycles. The van der Waals surface area contributed by atoms with E-state index in [0.717, 1.165) is 21.4 Å². The summed E-state index contributed by atoms with van der Waals surface area (Å²) < 4.78 is 6.08. The molecule has 1 atom stereocenters. The van der Waals surface area contributed by atoms with Gasteiger partial charge in [-0.2, -0.15) is 0 Å². The first-order chi connectivity index (χ1) is 7.66. The summed E-state index contributed by atoms with van der Waals surface area (Å²) in [5.74, 6) is 0.760. The van der Waals surface area contributed by atoms with E-state index in [9.17, 15) is 5.11 Å². The van der Waals surface area contributed by atoms with E-state index in [1.54, 1.807) is 24.7 Å². The first-order valence-electron chi connectivity index (χ1n) is 4.98. The normalized spacial score (nSPS) is 12.7. The molecular weight excluding hydrogens is 270 g/mol. The third-order valence-electron chi connectivity index (χ3n) is 2.45. The summed E-state index contributed by atoms with van der Waals surface area (Å²) in [5, 5.41) is 10.0. The number of furan rings is 1. The highest BCUT2D eigenvalue weighted by Gasteiger charge is 2.13. The smallest absolute Gasteiger partial charge is 0.106 e. The number of aromatic nitrogens is 1. The van der Waals surface area contributed by atoms with E-state index in [2.05, 4.69) is 20.9 Å². The second kappa shape index (κ2) is 4.80. The van der Waals surface area contributed by atoms with E-state index in [0.29, 0.717) is 6.42 Å². The maximum atomic E-state index is 10.0. The van der Waals surface area contributed by atoms with E-state index in [4.69, 9.17) is 4.42 Å². The number of pyridine rings is 1. The van der Waals surface area contributed by atoms with Crippen LogP contribution in [0.5, 0.6) is 0 Å². The quantitative estimate of drug-likeness (QED) is 0.941. The number of aliphatic hydroxyl groups excluding tert-OH is 1. The van der Waals surface area contributed by atoms with E-state index in [1.165, 1.54) is 0 Å². The maximum Gasteiger partial charge on any atom is 0.106 e. The number of nitrogens with zero attached hydrogens (tertiary/aromatic N) is 1. The number of aryl methyl sites for hydroxylation is 1. The van der Waals surface area contributed by atoms with Gasteiger partial charge in [0.25, 0.3) is 0 Å². The van der Waals surface area contributed by atoms with Crippen LogP contribution >= 0.6 is 15.9 Å². The van der Waals surface area contributed by atoms with Crippen molar-refractivity contribution in [2.75, 3.05) is 0 Å². The first kappa shape index (κ1) is 11.4. The molecule has 0 saturated heterocycles. The molecule has 0 spiro atoms. The molecule has 0 amide bonds. The minimum atomic E-state index is -0.546. The van der Waals surface area contributed by atoms with Crippen molar-refractivity contribution in [3.8, 4) is 0 Å². The van der Waals surface area contributed by atoms with Crippen LogP contribution in [0.3, 0.4) is 0 Å². The van der Waals surface area contributed by atoms with Crippen LogP contribution in [0, 0.1) is 6.92 Å². The molecule has 2 aromatic rings. The van der Waals surface area contributed by atoms with Gasteiger partial charge in [0, 0.05) is 28.9 Å². The molecule has 3 nitrogen and oxygen atoms in total. The molecule has 0 aliphatic heterocycles. The summed E-state index contributed by atoms with van der Waals surface area (Å²) in [5.41, 5.74) is 1.82. The SMILES string of the molecule is Cc1occc1C(O)Cc1cncc(Br)c1. The Labute approximate surface area is 102 Å². The Bertz CT molecular complexity index is 481. The average Bonchev–Trinajstić information content (AvgIpc) is 2.64. The number of rotatable bonds is 3. The van der Waals surface area contributed by atoms with Crippen LogP contribution in [0.4, 0.5) is 0 Å². The van der Waals surface area contributed by atoms with Crippen LogP contribution in [0.2, 0.25) is 0 Å². The fourth-order valence-corrected chi connectivity index (χ4v) is 2.05. The second-order valence-corrected chi connectivity index (χ2v) is 4.58. The van der Waals surface area contributed by atoms with Crippen LogP contribution < -0.4 is 0 Å². The highest BCUT2D eigenvalue weighted by atomic mass is 79.9. The summed E-state index contributed by atoms with van der Waals surface area (Å²) in [6, 6.07) is 3.75. The molecule has 0 bridgehead atoms. The fourth-order valence-electron chi connectivity index (χ4n) is 1.64. The molecule has 0 aromatic carbocycles. The van der Waals surface area contributed by atoms with Crippen molar-refractivity contribution in [3.05, 3.63) is 52.1 Å². The Morgan fingerprint density at radius 1 is 1.50 bits per heavy atom. The lowest BCUT2D eigenvalue weighted by atomic mass is 10.0. The van der Waals surface area contributed by atoms with Gasteiger partial charge in [-0.25, -0.2) is 0 Å². The van der Waals surface area contributed by atoms with Gasteiger partial charge >= 0.3 is 0 Å². The van der Waals surface area contributed by atoms with Gasteiger partial charge in [-0.1, -0.05) is 0 Å². The molecular formula is C12H12BrNO2. The van der Waals surface area contributed by atoms with Crippen molar-refractivity contribution in [2.24, 2.45) is 0 Å². The van der Waals surface area contributed by atoms with Crippen molar-refractivity contribution >= 4 is 15.9 Å². The average molecular weight is 282 g/mol. The van der Waals surface area contributed by atoms with Gasteiger partial charge in [0.15, 0.2) is 0 Å². The number of halogens is 1. The minimum Gasteiger partial charge on any atom is -0.469 e. The van der Waals surface area contributed by atoms with Gasteiger partial charge in [0.05, 0.1) is 12.4 Å². The van der Waals surface area contributed by atoms with Gasteiger partial charge in [-0.15, -0.1) is 0 Å².